The largest absolute Gasteiger partial charge is 0.443 e. The van der Waals surface area contributed by atoms with Crippen molar-refractivity contribution in [2.45, 2.75) is 32.7 Å². The standard InChI is InChI=1S/C10H15F3N2OS/c1-3-4-14-5-8-7(6-16-2)15-9(17-8)10(11,12)13/h14H,3-6H2,1-2H3. The quantitative estimate of drug-likeness (QED) is 0.806. The number of nitrogens with one attached hydrogen (secondary N) is 1. The molecule has 1 aromatic rings. The van der Waals surface area contributed by atoms with Gasteiger partial charge in [-0.1, -0.05) is 6.92 Å². The smallest absolute Gasteiger partial charge is 0.378 e. The third-order valence-corrected chi connectivity index (χ3v) is 3.16. The number of alkyl halides is 3. The molecule has 1 N–H and O–H groups in total. The van der Waals surface area contributed by atoms with Gasteiger partial charge in [0.1, 0.15) is 0 Å². The number of hydrogen-bond acceptors (Lipinski definition) is 4. The lowest BCUT2D eigenvalue weighted by Crippen LogP contribution is -2.14. The Hall–Kier alpha value is -0.660. The number of thiazole rings is 1. The molecule has 0 aromatic carbocycles. The van der Waals surface area contributed by atoms with Gasteiger partial charge < -0.3 is 10.1 Å². The summed E-state index contributed by atoms with van der Waals surface area (Å²) in [5.74, 6) is 0. The highest BCUT2D eigenvalue weighted by Gasteiger charge is 2.35. The van der Waals surface area contributed by atoms with Crippen LogP contribution in [0.4, 0.5) is 13.2 Å². The predicted molar refractivity (Wildman–Crippen MR) is 59.8 cm³/mol. The van der Waals surface area contributed by atoms with E-state index in [1.807, 2.05) is 6.92 Å². The molecular formula is C10H15F3N2OS. The normalized spacial score (nSPS) is 12.1. The van der Waals surface area contributed by atoms with Gasteiger partial charge in [0.05, 0.1) is 12.3 Å². The van der Waals surface area contributed by atoms with Crippen molar-refractivity contribution >= 4 is 11.3 Å². The molecule has 98 valence electrons. The van der Waals surface area contributed by atoms with Crippen LogP contribution in [0, 0.1) is 0 Å². The maximum atomic E-state index is 12.5. The van der Waals surface area contributed by atoms with Gasteiger partial charge in [-0.3, -0.25) is 0 Å². The molecule has 0 saturated carbocycles. The van der Waals surface area contributed by atoms with E-state index >= 15 is 0 Å². The second-order valence-electron chi connectivity index (χ2n) is 3.50. The average Bonchev–Trinajstić information content (AvgIpc) is 2.62. The molecule has 0 aliphatic carbocycles. The third-order valence-electron chi connectivity index (χ3n) is 2.01. The molecule has 3 nitrogen and oxygen atoms in total. The van der Waals surface area contributed by atoms with Crippen LogP contribution in [0.25, 0.3) is 0 Å². The van der Waals surface area contributed by atoms with Crippen LogP contribution in [0.5, 0.6) is 0 Å². The van der Waals surface area contributed by atoms with Gasteiger partial charge in [0.25, 0.3) is 0 Å². The van der Waals surface area contributed by atoms with E-state index in [0.717, 1.165) is 13.0 Å². The number of hydrogen-bond donors (Lipinski definition) is 1. The number of aromatic nitrogens is 1. The van der Waals surface area contributed by atoms with E-state index in [-0.39, 0.29) is 6.61 Å². The molecule has 0 saturated heterocycles. The van der Waals surface area contributed by atoms with Crippen LogP contribution in [-0.4, -0.2) is 18.6 Å². The molecule has 0 spiro atoms. The maximum Gasteiger partial charge on any atom is 0.443 e. The van der Waals surface area contributed by atoms with E-state index in [1.54, 1.807) is 0 Å². The zero-order valence-electron chi connectivity index (χ0n) is 9.73. The lowest BCUT2D eigenvalue weighted by molar-refractivity contribution is -0.137. The highest BCUT2D eigenvalue weighted by Crippen LogP contribution is 2.34. The van der Waals surface area contributed by atoms with E-state index in [0.29, 0.717) is 28.5 Å². The van der Waals surface area contributed by atoms with Crippen molar-refractivity contribution in [2.75, 3.05) is 13.7 Å². The molecule has 1 rings (SSSR count). The molecule has 0 fully saturated rings. The summed E-state index contributed by atoms with van der Waals surface area (Å²) in [5, 5.41) is 2.25. The molecular weight excluding hydrogens is 253 g/mol. The average molecular weight is 268 g/mol. The van der Waals surface area contributed by atoms with Gasteiger partial charge in [-0.15, -0.1) is 11.3 Å². The second-order valence-corrected chi connectivity index (χ2v) is 4.58. The van der Waals surface area contributed by atoms with Crippen LogP contribution in [-0.2, 0) is 24.1 Å². The number of rotatable bonds is 6. The van der Waals surface area contributed by atoms with E-state index in [2.05, 4.69) is 10.3 Å². The van der Waals surface area contributed by atoms with Gasteiger partial charge in [-0.25, -0.2) is 4.98 Å². The fourth-order valence-electron chi connectivity index (χ4n) is 1.27. The summed E-state index contributed by atoms with van der Waals surface area (Å²) in [6, 6.07) is 0. The number of halogens is 3. The van der Waals surface area contributed by atoms with Crippen LogP contribution in [0.1, 0.15) is 28.9 Å². The second kappa shape index (κ2) is 6.32. The molecule has 1 heterocycles. The van der Waals surface area contributed by atoms with Crippen molar-refractivity contribution < 1.29 is 17.9 Å². The van der Waals surface area contributed by atoms with E-state index in [9.17, 15) is 13.2 Å². The van der Waals surface area contributed by atoms with Crippen molar-refractivity contribution in [3.8, 4) is 0 Å². The lowest BCUT2D eigenvalue weighted by Gasteiger charge is -2.02. The summed E-state index contributed by atoms with van der Waals surface area (Å²) >= 11 is 0.678. The van der Waals surface area contributed by atoms with Crippen LogP contribution in [0.15, 0.2) is 0 Å². The van der Waals surface area contributed by atoms with Crippen molar-refractivity contribution in [1.29, 1.82) is 0 Å². The molecule has 0 bridgehead atoms. The highest BCUT2D eigenvalue weighted by atomic mass is 32.1. The Morgan fingerprint density at radius 1 is 1.41 bits per heavy atom. The Morgan fingerprint density at radius 3 is 2.65 bits per heavy atom. The minimum atomic E-state index is -4.38. The van der Waals surface area contributed by atoms with Gasteiger partial charge in [0.15, 0.2) is 5.01 Å². The summed E-state index contributed by atoms with van der Waals surface area (Å²) in [5.41, 5.74) is 0.369. The monoisotopic (exact) mass is 268 g/mol. The SMILES string of the molecule is CCCNCc1sc(C(F)(F)F)nc1COC. The van der Waals surface area contributed by atoms with E-state index in [4.69, 9.17) is 4.74 Å². The molecule has 0 amide bonds. The van der Waals surface area contributed by atoms with Crippen molar-refractivity contribution in [2.24, 2.45) is 0 Å². The van der Waals surface area contributed by atoms with Crippen LogP contribution < -0.4 is 5.32 Å². The number of methoxy groups -OCH3 is 1. The molecule has 1 aromatic heterocycles. The minimum absolute atomic E-state index is 0.107. The molecule has 17 heavy (non-hydrogen) atoms. The van der Waals surface area contributed by atoms with Crippen LogP contribution in [0.3, 0.4) is 0 Å². The summed E-state index contributed by atoms with van der Waals surface area (Å²) in [6.45, 7) is 3.28. The summed E-state index contributed by atoms with van der Waals surface area (Å²) in [4.78, 5) is 4.17. The number of nitrogens with zero attached hydrogens (tertiary/aromatic N) is 1. The van der Waals surface area contributed by atoms with Crippen molar-refractivity contribution in [3.63, 3.8) is 0 Å². The Morgan fingerprint density at radius 2 is 2.12 bits per heavy atom. The first kappa shape index (κ1) is 14.4. The van der Waals surface area contributed by atoms with Gasteiger partial charge in [0, 0.05) is 18.5 Å². The zero-order chi connectivity index (χ0) is 12.9. The van der Waals surface area contributed by atoms with Crippen molar-refractivity contribution in [3.05, 3.63) is 15.6 Å². The summed E-state index contributed by atoms with van der Waals surface area (Å²) < 4.78 is 42.3. The molecule has 0 aliphatic rings. The van der Waals surface area contributed by atoms with E-state index < -0.39 is 11.2 Å². The lowest BCUT2D eigenvalue weighted by atomic mass is 10.3. The zero-order valence-corrected chi connectivity index (χ0v) is 10.5. The fourth-order valence-corrected chi connectivity index (χ4v) is 2.17. The Labute approximate surface area is 102 Å². The molecule has 7 heteroatoms. The summed E-state index contributed by atoms with van der Waals surface area (Å²) in [7, 11) is 1.44. The van der Waals surface area contributed by atoms with Crippen LogP contribution >= 0.6 is 11.3 Å². The molecule has 0 atom stereocenters. The van der Waals surface area contributed by atoms with Gasteiger partial charge in [-0.05, 0) is 13.0 Å². The maximum absolute atomic E-state index is 12.5. The molecule has 0 aliphatic heterocycles. The Balaban J connectivity index is 2.81. The number of ether oxygens (including phenoxy) is 1. The molecule has 0 unspecified atom stereocenters. The fraction of sp³-hybridized carbons (Fsp3) is 0.700. The first-order valence-electron chi connectivity index (χ1n) is 5.24. The first-order chi connectivity index (χ1) is 7.99. The van der Waals surface area contributed by atoms with Gasteiger partial charge in [0.2, 0.25) is 0 Å². The highest BCUT2D eigenvalue weighted by molar-refractivity contribution is 7.11. The topological polar surface area (TPSA) is 34.2 Å². The minimum Gasteiger partial charge on any atom is -0.378 e. The third kappa shape index (κ3) is 4.25. The van der Waals surface area contributed by atoms with Crippen molar-refractivity contribution in [1.82, 2.24) is 10.3 Å². The Kier molecular flexibility index (Phi) is 5.35. The van der Waals surface area contributed by atoms with Crippen LogP contribution in [0.2, 0.25) is 0 Å². The van der Waals surface area contributed by atoms with Gasteiger partial charge >= 0.3 is 6.18 Å². The van der Waals surface area contributed by atoms with E-state index in [1.165, 1.54) is 7.11 Å². The predicted octanol–water partition coefficient (Wildman–Crippen LogP) is 2.81. The summed E-state index contributed by atoms with van der Waals surface area (Å²) in [6.07, 6.45) is -3.44. The van der Waals surface area contributed by atoms with Gasteiger partial charge in [-0.2, -0.15) is 13.2 Å². The Bertz CT molecular complexity index is 352. The molecule has 0 radical (unpaired) electrons. The first-order valence-corrected chi connectivity index (χ1v) is 6.06.